The van der Waals surface area contributed by atoms with Crippen LogP contribution in [0.15, 0.2) is 17.5 Å². The van der Waals surface area contributed by atoms with Crippen LogP contribution in [0.2, 0.25) is 19.6 Å². The molecule has 15 heavy (non-hydrogen) atoms. The molecule has 0 radical (unpaired) electrons. The lowest BCUT2D eigenvalue weighted by Gasteiger charge is -2.20. The van der Waals surface area contributed by atoms with E-state index in [9.17, 15) is 4.79 Å². The van der Waals surface area contributed by atoms with E-state index in [1.54, 1.807) is 6.26 Å². The molecule has 6 heteroatoms. The molecule has 0 saturated carbocycles. The third kappa shape index (κ3) is 5.63. The van der Waals surface area contributed by atoms with Gasteiger partial charge in [-0.2, -0.15) is 0 Å². The largest absolute Gasteiger partial charge is 0.543 e. The van der Waals surface area contributed by atoms with E-state index in [4.69, 9.17) is 4.43 Å². The highest BCUT2D eigenvalue weighted by molar-refractivity contribution is 8.14. The Balaban J connectivity index is 4.74. The highest BCUT2D eigenvalue weighted by Gasteiger charge is 2.23. The molecule has 0 amide bonds. The molecule has 0 saturated heterocycles. The molecule has 0 unspecified atom stereocenters. The van der Waals surface area contributed by atoms with Gasteiger partial charge in [0.1, 0.15) is 12.9 Å². The Morgan fingerprint density at radius 2 is 1.93 bits per heavy atom. The first kappa shape index (κ1) is 14.2. The first-order chi connectivity index (χ1) is 6.81. The lowest BCUT2D eigenvalue weighted by atomic mass is 10.4. The Labute approximate surface area is 95.8 Å². The molecule has 86 valence electrons. The van der Waals surface area contributed by atoms with Gasteiger partial charge < -0.3 is 9.26 Å². The second kappa shape index (κ2) is 5.97. The van der Waals surface area contributed by atoms with E-state index >= 15 is 0 Å². The number of hydrogen-bond acceptors (Lipinski definition) is 5. The average molecular weight is 247 g/mol. The normalized spacial score (nSPS) is 12.2. The van der Waals surface area contributed by atoms with Crippen molar-refractivity contribution in [3.8, 4) is 0 Å². The number of hydrogen-bond donors (Lipinski definition) is 0. The zero-order valence-electron chi connectivity index (χ0n) is 9.79. The molecule has 0 N–H and O–H groups in total. The number of nitrogens with zero attached hydrogens (tertiary/aromatic N) is 1. The summed E-state index contributed by atoms with van der Waals surface area (Å²) in [5.41, 5.74) is 0.146. The van der Waals surface area contributed by atoms with Gasteiger partial charge in [-0.15, -0.1) is 0 Å². The van der Waals surface area contributed by atoms with Crippen molar-refractivity contribution in [2.45, 2.75) is 19.6 Å². The molecule has 0 aromatic rings. The van der Waals surface area contributed by atoms with Crippen molar-refractivity contribution in [2.24, 2.45) is 5.16 Å². The van der Waals surface area contributed by atoms with Crippen molar-refractivity contribution in [3.05, 3.63) is 12.3 Å². The fourth-order valence-electron chi connectivity index (χ4n) is 0.808. The van der Waals surface area contributed by atoms with E-state index in [1.807, 2.05) is 19.6 Å². The molecule has 0 aliphatic carbocycles. The molecule has 0 bridgehead atoms. The van der Waals surface area contributed by atoms with Crippen molar-refractivity contribution >= 4 is 30.9 Å². The molecule has 4 nitrogen and oxygen atoms in total. The van der Waals surface area contributed by atoms with E-state index in [-0.39, 0.29) is 16.6 Å². The summed E-state index contributed by atoms with van der Waals surface area (Å²) in [5, 5.41) is 3.41. The van der Waals surface area contributed by atoms with Gasteiger partial charge >= 0.3 is 0 Å². The predicted molar refractivity (Wildman–Crippen MR) is 66.5 cm³/mol. The first-order valence-electron chi connectivity index (χ1n) is 4.39. The summed E-state index contributed by atoms with van der Waals surface area (Å²) in [7, 11) is -0.384. The Bertz CT molecular complexity index is 284. The number of carbonyl (C=O) groups is 1. The maximum atomic E-state index is 11.5. The van der Waals surface area contributed by atoms with Crippen LogP contribution < -0.4 is 0 Å². The quantitative estimate of drug-likeness (QED) is 0.323. The molecule has 0 spiro atoms. The van der Waals surface area contributed by atoms with Gasteiger partial charge in [0.2, 0.25) is 13.4 Å². The molecule has 0 atom stereocenters. The monoisotopic (exact) mass is 247 g/mol. The van der Waals surface area contributed by atoms with Gasteiger partial charge in [0.25, 0.3) is 0 Å². The smallest absolute Gasteiger partial charge is 0.244 e. The van der Waals surface area contributed by atoms with Crippen LogP contribution in [-0.2, 0) is 14.1 Å². The van der Waals surface area contributed by atoms with Crippen molar-refractivity contribution < 1.29 is 14.1 Å². The Morgan fingerprint density at radius 3 is 2.27 bits per heavy atom. The minimum Gasteiger partial charge on any atom is -0.543 e. The Morgan fingerprint density at radius 1 is 1.40 bits per heavy atom. The van der Waals surface area contributed by atoms with Crippen LogP contribution in [0.1, 0.15) is 0 Å². The minimum atomic E-state index is -1.77. The number of thioether (sulfide) groups is 1. The summed E-state index contributed by atoms with van der Waals surface area (Å²) < 4.78 is 5.57. The molecule has 0 heterocycles. The second-order valence-electron chi connectivity index (χ2n) is 3.75. The van der Waals surface area contributed by atoms with Crippen LogP contribution in [0.3, 0.4) is 0 Å². The Kier molecular flexibility index (Phi) is 5.67. The molecular formula is C9H17NO3SSi. The van der Waals surface area contributed by atoms with Crippen molar-refractivity contribution in [3.63, 3.8) is 0 Å². The van der Waals surface area contributed by atoms with Gasteiger partial charge in [-0.05, 0) is 25.9 Å². The van der Waals surface area contributed by atoms with Crippen molar-refractivity contribution in [1.29, 1.82) is 0 Å². The van der Waals surface area contributed by atoms with Crippen LogP contribution in [0, 0.1) is 0 Å². The maximum Gasteiger partial charge on any atom is 0.244 e. The van der Waals surface area contributed by atoms with Crippen LogP contribution in [0.5, 0.6) is 0 Å². The zero-order valence-corrected chi connectivity index (χ0v) is 11.6. The molecule has 0 rings (SSSR count). The Hall–Kier alpha value is -0.753. The molecule has 0 aromatic heterocycles. The molecular weight excluding hydrogens is 230 g/mol. The van der Waals surface area contributed by atoms with Crippen LogP contribution in [0.4, 0.5) is 0 Å². The van der Waals surface area contributed by atoms with Crippen LogP contribution in [-0.4, -0.2) is 32.5 Å². The van der Waals surface area contributed by atoms with E-state index in [0.717, 1.165) is 11.8 Å². The lowest BCUT2D eigenvalue weighted by Crippen LogP contribution is -2.28. The van der Waals surface area contributed by atoms with Gasteiger partial charge in [-0.3, -0.25) is 4.79 Å². The molecule has 0 fully saturated rings. The fraction of sp³-hybridized carbons (Fsp3) is 0.556. The van der Waals surface area contributed by atoms with Gasteiger partial charge in [-0.25, -0.2) is 0 Å². The summed E-state index contributed by atoms with van der Waals surface area (Å²) in [4.78, 5) is 16.0. The third-order valence-electron chi connectivity index (χ3n) is 1.25. The maximum absolute atomic E-state index is 11.5. The molecule has 0 aliphatic rings. The van der Waals surface area contributed by atoms with Gasteiger partial charge in [-0.1, -0.05) is 23.5 Å². The highest BCUT2D eigenvalue weighted by atomic mass is 32.2. The zero-order chi connectivity index (χ0) is 12.1. The van der Waals surface area contributed by atoms with Gasteiger partial charge in [0, 0.05) is 0 Å². The van der Waals surface area contributed by atoms with Gasteiger partial charge in [0.15, 0.2) is 5.71 Å². The number of carbonyl (C=O) groups excluding carboxylic acids is 1. The van der Waals surface area contributed by atoms with Crippen molar-refractivity contribution in [1.82, 2.24) is 0 Å². The average Bonchev–Trinajstić information content (AvgIpc) is 2.10. The molecule has 0 aliphatic heterocycles. The first-order valence-corrected chi connectivity index (χ1v) is 9.03. The SMILES string of the molecule is C=C(O[Si](C)(C)C)C(=NOC)C(=O)SC. The fourth-order valence-corrected chi connectivity index (χ4v) is 1.99. The summed E-state index contributed by atoms with van der Waals surface area (Å²) in [6, 6.07) is 0. The van der Waals surface area contributed by atoms with E-state index < -0.39 is 8.32 Å². The van der Waals surface area contributed by atoms with Crippen molar-refractivity contribution in [2.75, 3.05) is 13.4 Å². The summed E-state index contributed by atoms with van der Waals surface area (Å²) >= 11 is 1.05. The third-order valence-corrected chi connectivity index (χ3v) is 2.68. The van der Waals surface area contributed by atoms with E-state index in [2.05, 4.69) is 16.6 Å². The van der Waals surface area contributed by atoms with Crippen LogP contribution in [0.25, 0.3) is 0 Å². The van der Waals surface area contributed by atoms with E-state index in [1.165, 1.54) is 7.11 Å². The summed E-state index contributed by atoms with van der Waals surface area (Å²) in [5.74, 6) is 0.287. The topological polar surface area (TPSA) is 47.9 Å². The van der Waals surface area contributed by atoms with Crippen LogP contribution >= 0.6 is 11.8 Å². The number of rotatable bonds is 5. The highest BCUT2D eigenvalue weighted by Crippen LogP contribution is 2.13. The summed E-state index contributed by atoms with van der Waals surface area (Å²) in [6.45, 7) is 9.71. The van der Waals surface area contributed by atoms with E-state index in [0.29, 0.717) is 0 Å². The lowest BCUT2D eigenvalue weighted by molar-refractivity contribution is -0.105. The van der Waals surface area contributed by atoms with Gasteiger partial charge in [0.05, 0.1) is 0 Å². The standard InChI is InChI=1S/C9H17NO3SSi/c1-7(13-15(4,5)6)8(10-12-2)9(11)14-3/h1H2,2-6H3. The molecule has 0 aromatic carbocycles. The number of oxime groups is 1. The second-order valence-corrected chi connectivity index (χ2v) is 8.96. The number of allylic oxidation sites excluding steroid dienone is 1. The predicted octanol–water partition coefficient (Wildman–Crippen LogP) is 2.24. The minimum absolute atomic E-state index is 0.146. The summed E-state index contributed by atoms with van der Waals surface area (Å²) in [6.07, 6.45) is 1.68.